The van der Waals surface area contributed by atoms with E-state index in [4.69, 9.17) is 4.74 Å². The normalized spacial score (nSPS) is 10.5. The molecule has 0 heterocycles. The van der Waals surface area contributed by atoms with Crippen molar-refractivity contribution in [2.45, 2.75) is 0 Å². The van der Waals surface area contributed by atoms with Gasteiger partial charge in [-0.05, 0) is 54.1 Å². The Bertz CT molecular complexity index is 1160. The third kappa shape index (κ3) is 6.74. The summed E-state index contributed by atoms with van der Waals surface area (Å²) in [6.07, 6.45) is 1.48. The minimum atomic E-state index is -0.539. The zero-order chi connectivity index (χ0) is 22.9. The Balaban J connectivity index is 1.47. The zero-order valence-electron chi connectivity index (χ0n) is 16.5. The summed E-state index contributed by atoms with van der Waals surface area (Å²) in [5.41, 5.74) is 3.83. The first-order valence-electron chi connectivity index (χ1n) is 9.27. The second-order valence-corrected chi connectivity index (χ2v) is 7.34. The lowest BCUT2D eigenvalue weighted by atomic mass is 10.2. The van der Waals surface area contributed by atoms with E-state index in [1.807, 2.05) is 6.07 Å². The van der Waals surface area contributed by atoms with Crippen LogP contribution in [0.15, 0.2) is 82.4 Å². The van der Waals surface area contributed by atoms with Gasteiger partial charge < -0.3 is 10.1 Å². The predicted molar refractivity (Wildman–Crippen MR) is 123 cm³/mol. The first-order valence-corrected chi connectivity index (χ1v) is 10.1. The van der Waals surface area contributed by atoms with E-state index >= 15 is 0 Å². The summed E-state index contributed by atoms with van der Waals surface area (Å²) in [5, 5.41) is 17.3. The molecule has 0 saturated carbocycles. The average Bonchev–Trinajstić information content (AvgIpc) is 2.78. The highest BCUT2D eigenvalue weighted by molar-refractivity contribution is 9.10. The van der Waals surface area contributed by atoms with Crippen molar-refractivity contribution in [1.82, 2.24) is 5.43 Å². The standard InChI is InChI=1S/C22H17BrN4O5/c23-17-4-1-3-16(11-17)22(29)26-24-13-15-7-9-20(10-8-15)32-14-21(28)25-18-5-2-6-19(12-18)27(30)31/h1-13H,14H2,(H,25,28)(H,26,29)/b24-13-. The molecule has 3 aromatic rings. The minimum absolute atomic E-state index is 0.117. The SMILES string of the molecule is O=C(COc1ccc(/C=N\NC(=O)c2cccc(Br)c2)cc1)Nc1cccc([N+](=O)[O-])c1. The molecule has 0 spiro atoms. The Kier molecular flexibility index (Phi) is 7.65. The molecule has 10 heteroatoms. The van der Waals surface area contributed by atoms with E-state index in [-0.39, 0.29) is 18.2 Å². The largest absolute Gasteiger partial charge is 0.484 e. The smallest absolute Gasteiger partial charge is 0.271 e. The fourth-order valence-electron chi connectivity index (χ4n) is 2.55. The highest BCUT2D eigenvalue weighted by atomic mass is 79.9. The summed E-state index contributed by atoms with van der Waals surface area (Å²) < 4.78 is 6.21. The van der Waals surface area contributed by atoms with Gasteiger partial charge in [-0.3, -0.25) is 19.7 Å². The second kappa shape index (κ2) is 10.8. The highest BCUT2D eigenvalue weighted by Crippen LogP contribution is 2.17. The molecule has 0 aromatic heterocycles. The Morgan fingerprint density at radius 1 is 1.06 bits per heavy atom. The maximum atomic E-state index is 12.0. The summed E-state index contributed by atoms with van der Waals surface area (Å²) in [7, 11) is 0. The van der Waals surface area contributed by atoms with Crippen LogP contribution in [0.1, 0.15) is 15.9 Å². The second-order valence-electron chi connectivity index (χ2n) is 6.42. The minimum Gasteiger partial charge on any atom is -0.484 e. The third-order valence-corrected chi connectivity index (χ3v) is 4.55. The first-order chi connectivity index (χ1) is 15.4. The fraction of sp³-hybridized carbons (Fsp3) is 0.0455. The number of nitrogens with one attached hydrogen (secondary N) is 2. The van der Waals surface area contributed by atoms with Crippen LogP contribution in [0, 0.1) is 10.1 Å². The number of anilines is 1. The van der Waals surface area contributed by atoms with E-state index in [1.54, 1.807) is 48.5 Å². The number of nitrogens with zero attached hydrogens (tertiary/aromatic N) is 2. The van der Waals surface area contributed by atoms with Crippen molar-refractivity contribution < 1.29 is 19.2 Å². The Morgan fingerprint density at radius 3 is 2.53 bits per heavy atom. The third-order valence-electron chi connectivity index (χ3n) is 4.06. The number of hydrogen-bond acceptors (Lipinski definition) is 6. The Hall–Kier alpha value is -4.05. The van der Waals surface area contributed by atoms with Gasteiger partial charge in [-0.25, -0.2) is 5.43 Å². The van der Waals surface area contributed by atoms with Gasteiger partial charge in [0.1, 0.15) is 5.75 Å². The van der Waals surface area contributed by atoms with Gasteiger partial charge in [0.05, 0.1) is 11.1 Å². The maximum absolute atomic E-state index is 12.0. The number of carbonyl (C=O) groups is 2. The molecule has 2 amide bonds. The summed E-state index contributed by atoms with van der Waals surface area (Å²) in [6, 6.07) is 19.3. The molecule has 0 unspecified atom stereocenters. The van der Waals surface area contributed by atoms with Crippen molar-refractivity contribution in [1.29, 1.82) is 0 Å². The van der Waals surface area contributed by atoms with E-state index in [0.29, 0.717) is 22.6 Å². The number of nitro groups is 1. The molecule has 162 valence electrons. The molecular weight excluding hydrogens is 480 g/mol. The number of halogens is 1. The number of hydrogen-bond donors (Lipinski definition) is 2. The molecule has 0 saturated heterocycles. The number of benzene rings is 3. The van der Waals surface area contributed by atoms with Crippen molar-refractivity contribution in [3.05, 3.63) is 98.5 Å². The van der Waals surface area contributed by atoms with Gasteiger partial charge in [-0.2, -0.15) is 5.10 Å². The van der Waals surface area contributed by atoms with Crippen molar-refractivity contribution in [3.8, 4) is 5.75 Å². The van der Waals surface area contributed by atoms with Crippen molar-refractivity contribution in [3.63, 3.8) is 0 Å². The van der Waals surface area contributed by atoms with Crippen LogP contribution in [0.25, 0.3) is 0 Å². The first kappa shape index (κ1) is 22.6. The molecule has 2 N–H and O–H groups in total. The number of rotatable bonds is 8. The van der Waals surface area contributed by atoms with Crippen LogP contribution in [-0.2, 0) is 4.79 Å². The van der Waals surface area contributed by atoms with Gasteiger partial charge in [0.2, 0.25) is 0 Å². The van der Waals surface area contributed by atoms with Gasteiger partial charge in [0, 0.05) is 27.9 Å². The van der Waals surface area contributed by atoms with Crippen molar-refractivity contribution in [2.75, 3.05) is 11.9 Å². The number of carbonyl (C=O) groups excluding carboxylic acids is 2. The van der Waals surface area contributed by atoms with Crippen LogP contribution in [-0.4, -0.2) is 29.6 Å². The lowest BCUT2D eigenvalue weighted by molar-refractivity contribution is -0.384. The molecule has 0 bridgehead atoms. The molecule has 0 fully saturated rings. The van der Waals surface area contributed by atoms with E-state index in [0.717, 1.165) is 4.47 Å². The molecule has 0 radical (unpaired) electrons. The molecule has 0 aliphatic rings. The van der Waals surface area contributed by atoms with Crippen LogP contribution in [0.5, 0.6) is 5.75 Å². The topological polar surface area (TPSA) is 123 Å². The highest BCUT2D eigenvalue weighted by Gasteiger charge is 2.09. The number of non-ortho nitro benzene ring substituents is 1. The van der Waals surface area contributed by atoms with E-state index in [9.17, 15) is 19.7 Å². The molecule has 0 aliphatic carbocycles. The van der Waals surface area contributed by atoms with Gasteiger partial charge in [-0.1, -0.05) is 28.1 Å². The maximum Gasteiger partial charge on any atom is 0.271 e. The van der Waals surface area contributed by atoms with Crippen LogP contribution in [0.4, 0.5) is 11.4 Å². The monoisotopic (exact) mass is 496 g/mol. The number of amides is 2. The van der Waals surface area contributed by atoms with Crippen molar-refractivity contribution in [2.24, 2.45) is 5.10 Å². The summed E-state index contributed by atoms with van der Waals surface area (Å²) in [6.45, 7) is -0.265. The van der Waals surface area contributed by atoms with Crippen LogP contribution >= 0.6 is 15.9 Å². The molecule has 0 atom stereocenters. The summed E-state index contributed by atoms with van der Waals surface area (Å²) in [5.74, 6) is -0.335. The molecule has 32 heavy (non-hydrogen) atoms. The molecule has 9 nitrogen and oxygen atoms in total. The average molecular weight is 497 g/mol. The Morgan fingerprint density at radius 2 is 1.81 bits per heavy atom. The van der Waals surface area contributed by atoms with E-state index in [2.05, 4.69) is 31.8 Å². The summed E-state index contributed by atoms with van der Waals surface area (Å²) in [4.78, 5) is 34.3. The summed E-state index contributed by atoms with van der Waals surface area (Å²) >= 11 is 3.31. The molecule has 3 rings (SSSR count). The molecule has 3 aromatic carbocycles. The lowest BCUT2D eigenvalue weighted by Crippen LogP contribution is -2.20. The van der Waals surface area contributed by atoms with Crippen LogP contribution in [0.3, 0.4) is 0 Å². The van der Waals surface area contributed by atoms with E-state index in [1.165, 1.54) is 24.4 Å². The molecular formula is C22H17BrN4O5. The van der Waals surface area contributed by atoms with Gasteiger partial charge in [0.25, 0.3) is 17.5 Å². The van der Waals surface area contributed by atoms with Gasteiger partial charge in [0.15, 0.2) is 6.61 Å². The van der Waals surface area contributed by atoms with Crippen LogP contribution < -0.4 is 15.5 Å². The van der Waals surface area contributed by atoms with Crippen LogP contribution in [0.2, 0.25) is 0 Å². The fourth-order valence-corrected chi connectivity index (χ4v) is 2.95. The quantitative estimate of drug-likeness (QED) is 0.275. The number of nitro benzene ring substituents is 1. The molecule has 0 aliphatic heterocycles. The van der Waals surface area contributed by atoms with Gasteiger partial charge in [-0.15, -0.1) is 0 Å². The predicted octanol–water partition coefficient (Wildman–Crippen LogP) is 4.14. The Labute approximate surface area is 191 Å². The zero-order valence-corrected chi connectivity index (χ0v) is 18.1. The number of ether oxygens (including phenoxy) is 1. The van der Waals surface area contributed by atoms with E-state index < -0.39 is 10.8 Å². The lowest BCUT2D eigenvalue weighted by Gasteiger charge is -2.07. The van der Waals surface area contributed by atoms with Gasteiger partial charge >= 0.3 is 0 Å². The number of hydrazone groups is 1. The van der Waals surface area contributed by atoms with Crippen molar-refractivity contribution >= 4 is 45.3 Å².